The summed E-state index contributed by atoms with van der Waals surface area (Å²) in [7, 11) is 0. The second-order valence-electron chi connectivity index (χ2n) is 4.55. The summed E-state index contributed by atoms with van der Waals surface area (Å²) in [6.07, 6.45) is 7.33. The lowest BCUT2D eigenvalue weighted by Crippen LogP contribution is -1.96. The molecule has 1 aromatic carbocycles. The maximum absolute atomic E-state index is 4.39. The van der Waals surface area contributed by atoms with Crippen LogP contribution in [0.25, 0.3) is 16.9 Å². The minimum absolute atomic E-state index is 0.898. The van der Waals surface area contributed by atoms with E-state index in [0.29, 0.717) is 0 Å². The predicted octanol–water partition coefficient (Wildman–Crippen LogP) is 3.35. The summed E-state index contributed by atoms with van der Waals surface area (Å²) in [5, 5.41) is 0. The van der Waals surface area contributed by atoms with Crippen molar-refractivity contribution in [3.05, 3.63) is 66.4 Å². The summed E-state index contributed by atoms with van der Waals surface area (Å²) >= 11 is 0. The van der Waals surface area contributed by atoms with Crippen molar-refractivity contribution >= 4 is 0 Å². The Bertz CT molecular complexity index is 662. The molecular weight excluding hydrogens is 234 g/mol. The Balaban J connectivity index is 2.14. The van der Waals surface area contributed by atoms with Gasteiger partial charge < -0.3 is 4.57 Å². The van der Waals surface area contributed by atoms with E-state index in [1.165, 1.54) is 11.1 Å². The number of rotatable bonds is 2. The number of hydrogen-bond donors (Lipinski definition) is 0. The van der Waals surface area contributed by atoms with Crippen LogP contribution in [0.15, 0.2) is 49.2 Å². The molecule has 19 heavy (non-hydrogen) atoms. The monoisotopic (exact) mass is 248 g/mol. The van der Waals surface area contributed by atoms with E-state index in [1.54, 1.807) is 18.7 Å². The van der Waals surface area contributed by atoms with Crippen LogP contribution in [0.1, 0.15) is 11.1 Å². The van der Waals surface area contributed by atoms with Crippen LogP contribution in [0.4, 0.5) is 0 Å². The Morgan fingerprint density at radius 1 is 1.11 bits per heavy atom. The Morgan fingerprint density at radius 3 is 2.47 bits per heavy atom. The molecule has 3 heteroatoms. The van der Waals surface area contributed by atoms with Gasteiger partial charge in [-0.1, -0.05) is 6.07 Å². The van der Waals surface area contributed by atoms with Crippen LogP contribution < -0.4 is 0 Å². The van der Waals surface area contributed by atoms with Gasteiger partial charge in [-0.05, 0) is 43.2 Å². The van der Waals surface area contributed by atoms with Gasteiger partial charge in [-0.3, -0.25) is 4.98 Å². The number of aryl methyl sites for hydroxylation is 2. The number of benzene rings is 1. The molecule has 0 saturated heterocycles. The van der Waals surface area contributed by atoms with Crippen molar-refractivity contribution in [3.8, 4) is 16.9 Å². The molecule has 0 fully saturated rings. The zero-order valence-corrected chi connectivity index (χ0v) is 11.0. The minimum Gasteiger partial charge on any atom is -0.306 e. The summed E-state index contributed by atoms with van der Waals surface area (Å²) in [5.41, 5.74) is 5.56. The fraction of sp³-hybridized carbons (Fsp3) is 0.125. The second kappa shape index (κ2) is 4.69. The molecule has 0 unspecified atom stereocenters. The van der Waals surface area contributed by atoms with Crippen LogP contribution >= 0.6 is 0 Å². The summed E-state index contributed by atoms with van der Waals surface area (Å²) < 4.78 is 2.01. The van der Waals surface area contributed by atoms with Crippen molar-refractivity contribution in [3.63, 3.8) is 0 Å². The SMILES string of the molecule is Cc1cc(-n2ccnc2)cc(C)c1-c1[c]cccn1. The summed E-state index contributed by atoms with van der Waals surface area (Å²) in [6, 6.07) is 11.3. The van der Waals surface area contributed by atoms with Crippen LogP contribution in [-0.2, 0) is 0 Å². The second-order valence-corrected chi connectivity index (χ2v) is 4.55. The number of pyridine rings is 1. The van der Waals surface area contributed by atoms with Crippen LogP contribution in [0, 0.1) is 19.9 Å². The van der Waals surface area contributed by atoms with Crippen molar-refractivity contribution in [1.29, 1.82) is 0 Å². The Hall–Kier alpha value is -2.42. The maximum Gasteiger partial charge on any atom is 0.0991 e. The highest BCUT2D eigenvalue weighted by Crippen LogP contribution is 2.27. The first-order chi connectivity index (χ1) is 9.25. The van der Waals surface area contributed by atoms with E-state index in [9.17, 15) is 0 Å². The van der Waals surface area contributed by atoms with E-state index in [4.69, 9.17) is 0 Å². The lowest BCUT2D eigenvalue weighted by molar-refractivity contribution is 1.05. The van der Waals surface area contributed by atoms with Gasteiger partial charge in [-0.15, -0.1) is 0 Å². The highest BCUT2D eigenvalue weighted by atomic mass is 15.0. The van der Waals surface area contributed by atoms with Crippen molar-refractivity contribution in [1.82, 2.24) is 14.5 Å². The molecule has 3 nitrogen and oxygen atoms in total. The molecule has 3 rings (SSSR count). The van der Waals surface area contributed by atoms with Crippen LogP contribution in [0.2, 0.25) is 0 Å². The molecule has 0 aliphatic rings. The third kappa shape index (κ3) is 2.15. The topological polar surface area (TPSA) is 30.7 Å². The Kier molecular flexibility index (Phi) is 2.88. The molecule has 0 aliphatic carbocycles. The molecule has 1 radical (unpaired) electrons. The molecule has 0 N–H and O–H groups in total. The molecular formula is C16H14N3. The Morgan fingerprint density at radius 2 is 1.89 bits per heavy atom. The van der Waals surface area contributed by atoms with Crippen LogP contribution in [0.3, 0.4) is 0 Å². The molecule has 0 amide bonds. The van der Waals surface area contributed by atoms with Gasteiger partial charge >= 0.3 is 0 Å². The van der Waals surface area contributed by atoms with Gasteiger partial charge in [0, 0.05) is 35.9 Å². The van der Waals surface area contributed by atoms with Gasteiger partial charge in [0.25, 0.3) is 0 Å². The average Bonchev–Trinajstić information content (AvgIpc) is 2.93. The predicted molar refractivity (Wildman–Crippen MR) is 75.1 cm³/mol. The number of nitrogens with zero attached hydrogens (tertiary/aromatic N) is 3. The molecule has 0 spiro atoms. The van der Waals surface area contributed by atoms with E-state index in [-0.39, 0.29) is 0 Å². The lowest BCUT2D eigenvalue weighted by atomic mass is 9.98. The highest BCUT2D eigenvalue weighted by molar-refractivity contribution is 5.69. The normalized spacial score (nSPS) is 10.6. The fourth-order valence-corrected chi connectivity index (χ4v) is 2.34. The molecule has 3 aromatic rings. The number of hydrogen-bond acceptors (Lipinski definition) is 2. The van der Waals surface area contributed by atoms with Crippen LogP contribution in [-0.4, -0.2) is 14.5 Å². The zero-order chi connectivity index (χ0) is 13.2. The van der Waals surface area contributed by atoms with Crippen molar-refractivity contribution in [2.24, 2.45) is 0 Å². The van der Waals surface area contributed by atoms with Crippen molar-refractivity contribution < 1.29 is 0 Å². The maximum atomic E-state index is 4.39. The third-order valence-corrected chi connectivity index (χ3v) is 3.16. The summed E-state index contributed by atoms with van der Waals surface area (Å²) in [5.74, 6) is 0. The molecule has 0 atom stereocenters. The van der Waals surface area contributed by atoms with E-state index in [2.05, 4.69) is 42.0 Å². The quantitative estimate of drug-likeness (QED) is 0.696. The van der Waals surface area contributed by atoms with Crippen molar-refractivity contribution in [2.75, 3.05) is 0 Å². The average molecular weight is 248 g/mol. The standard InChI is InChI=1S/C16H14N3/c1-12-9-14(19-8-7-17-11-19)10-13(2)16(12)15-5-3-4-6-18-15/h3-4,6-11H,1-2H3. The van der Waals surface area contributed by atoms with E-state index < -0.39 is 0 Å². The summed E-state index contributed by atoms with van der Waals surface area (Å²) in [6.45, 7) is 4.20. The Labute approximate surface area is 112 Å². The van der Waals surface area contributed by atoms with Crippen LogP contribution in [0.5, 0.6) is 0 Å². The summed E-state index contributed by atoms with van der Waals surface area (Å²) in [4.78, 5) is 8.47. The number of imidazole rings is 1. The minimum atomic E-state index is 0.898. The lowest BCUT2D eigenvalue weighted by Gasteiger charge is -2.12. The van der Waals surface area contributed by atoms with Gasteiger partial charge in [0.1, 0.15) is 0 Å². The van der Waals surface area contributed by atoms with Gasteiger partial charge in [0.05, 0.1) is 12.0 Å². The first-order valence-electron chi connectivity index (χ1n) is 6.18. The first-order valence-corrected chi connectivity index (χ1v) is 6.18. The smallest absolute Gasteiger partial charge is 0.0991 e. The molecule has 2 aromatic heterocycles. The molecule has 0 aliphatic heterocycles. The highest BCUT2D eigenvalue weighted by Gasteiger charge is 2.09. The van der Waals surface area contributed by atoms with E-state index in [0.717, 1.165) is 16.9 Å². The van der Waals surface area contributed by atoms with Gasteiger partial charge in [0.2, 0.25) is 0 Å². The number of aromatic nitrogens is 3. The van der Waals surface area contributed by atoms with Gasteiger partial charge in [-0.2, -0.15) is 0 Å². The zero-order valence-electron chi connectivity index (χ0n) is 11.0. The third-order valence-electron chi connectivity index (χ3n) is 3.16. The van der Waals surface area contributed by atoms with E-state index in [1.807, 2.05) is 22.9 Å². The van der Waals surface area contributed by atoms with Crippen molar-refractivity contribution in [2.45, 2.75) is 13.8 Å². The van der Waals surface area contributed by atoms with Gasteiger partial charge in [0.15, 0.2) is 0 Å². The molecule has 0 bridgehead atoms. The van der Waals surface area contributed by atoms with E-state index >= 15 is 0 Å². The molecule has 93 valence electrons. The van der Waals surface area contributed by atoms with Gasteiger partial charge in [-0.25, -0.2) is 4.98 Å². The first kappa shape index (κ1) is 11.7. The molecule has 2 heterocycles. The largest absolute Gasteiger partial charge is 0.306 e. The molecule has 0 saturated carbocycles. The fourth-order valence-electron chi connectivity index (χ4n) is 2.34.